The number of aliphatic hydroxyl groups excluding tert-OH is 2. The Balaban J connectivity index is 5.34. The van der Waals surface area contributed by atoms with Gasteiger partial charge in [-0.05, 0) is 34.6 Å². The maximum Gasteiger partial charge on any atom is 0.116 e. The fourth-order valence-corrected chi connectivity index (χ4v) is 1.79. The van der Waals surface area contributed by atoms with Crippen molar-refractivity contribution < 1.29 is 25.5 Å². The van der Waals surface area contributed by atoms with Crippen molar-refractivity contribution in [1.82, 2.24) is 0 Å². The highest BCUT2D eigenvalue weighted by Gasteiger charge is 2.54. The number of hydrogen-bond donors (Lipinski definition) is 5. The van der Waals surface area contributed by atoms with Crippen LogP contribution in [0.3, 0.4) is 0 Å². The first kappa shape index (κ1) is 16.8. The van der Waals surface area contributed by atoms with E-state index in [1.54, 1.807) is 0 Å². The van der Waals surface area contributed by atoms with Crippen LogP contribution >= 0.6 is 0 Å². The summed E-state index contributed by atoms with van der Waals surface area (Å²) < 4.78 is 0. The van der Waals surface area contributed by atoms with Crippen LogP contribution in [0.4, 0.5) is 0 Å². The molecule has 0 amide bonds. The second-order valence-electron chi connectivity index (χ2n) is 5.59. The van der Waals surface area contributed by atoms with Crippen LogP contribution in [0.1, 0.15) is 41.5 Å². The van der Waals surface area contributed by atoms with Crippen LogP contribution in [0.5, 0.6) is 0 Å². The first-order valence-electron chi connectivity index (χ1n) is 5.82. The molecule has 6 atom stereocenters. The number of rotatable bonds is 5. The summed E-state index contributed by atoms with van der Waals surface area (Å²) in [5.74, 6) is -0.848. The van der Waals surface area contributed by atoms with Gasteiger partial charge in [0, 0.05) is 5.92 Å². The third-order valence-electron chi connectivity index (χ3n) is 4.40. The predicted molar refractivity (Wildman–Crippen MR) is 64.4 cm³/mol. The van der Waals surface area contributed by atoms with Crippen molar-refractivity contribution in [3.8, 4) is 0 Å². The van der Waals surface area contributed by atoms with E-state index in [1.165, 1.54) is 41.5 Å². The molecule has 0 spiro atoms. The van der Waals surface area contributed by atoms with E-state index in [1.807, 2.05) is 0 Å². The first-order valence-corrected chi connectivity index (χ1v) is 5.82. The molecule has 0 aliphatic rings. The zero-order valence-corrected chi connectivity index (χ0v) is 11.5. The molecule has 0 heterocycles. The van der Waals surface area contributed by atoms with Crippen molar-refractivity contribution in [3.63, 3.8) is 0 Å². The Labute approximate surface area is 103 Å². The van der Waals surface area contributed by atoms with Gasteiger partial charge in [-0.3, -0.25) is 0 Å². The third kappa shape index (κ3) is 2.80. The first-order chi connectivity index (χ1) is 7.29. The molecule has 0 fully saturated rings. The van der Waals surface area contributed by atoms with E-state index in [0.29, 0.717) is 0 Å². The topological polar surface area (TPSA) is 101 Å². The Morgan fingerprint density at radius 2 is 1.06 bits per heavy atom. The molecule has 17 heavy (non-hydrogen) atoms. The summed E-state index contributed by atoms with van der Waals surface area (Å²) in [7, 11) is 0. The predicted octanol–water partition coefficient (Wildman–Crippen LogP) is -0.363. The van der Waals surface area contributed by atoms with Crippen molar-refractivity contribution in [2.45, 2.75) is 70.6 Å². The summed E-state index contributed by atoms with van der Waals surface area (Å²) in [6.07, 6.45) is -2.25. The fourth-order valence-electron chi connectivity index (χ4n) is 1.79. The summed E-state index contributed by atoms with van der Waals surface area (Å²) >= 11 is 0. The lowest BCUT2D eigenvalue weighted by Crippen LogP contribution is -2.65. The van der Waals surface area contributed by atoms with Crippen LogP contribution in [0, 0.1) is 5.92 Å². The van der Waals surface area contributed by atoms with E-state index >= 15 is 0 Å². The molecule has 0 bridgehead atoms. The highest BCUT2D eigenvalue weighted by molar-refractivity contribution is 5.05. The van der Waals surface area contributed by atoms with Gasteiger partial charge in [-0.2, -0.15) is 0 Å². The minimum Gasteiger partial charge on any atom is -0.390 e. The van der Waals surface area contributed by atoms with E-state index in [-0.39, 0.29) is 0 Å². The molecule has 0 aromatic heterocycles. The molecule has 5 nitrogen and oxygen atoms in total. The van der Waals surface area contributed by atoms with E-state index in [0.717, 1.165) is 0 Å². The average molecular weight is 250 g/mol. The minimum absolute atomic E-state index is 0.848. The standard InChI is InChI=1S/C12H26O5/c1-7(10(4,15)8(2)13)11(5,16)12(6,17)9(3)14/h7-9,13-17H,1-6H3. The Kier molecular flexibility index (Phi) is 4.76. The van der Waals surface area contributed by atoms with Gasteiger partial charge < -0.3 is 25.5 Å². The van der Waals surface area contributed by atoms with Gasteiger partial charge in [0.2, 0.25) is 0 Å². The van der Waals surface area contributed by atoms with Gasteiger partial charge in [0.1, 0.15) is 5.60 Å². The molecule has 5 N–H and O–H groups in total. The Morgan fingerprint density at radius 3 is 1.29 bits per heavy atom. The maximum absolute atomic E-state index is 10.4. The lowest BCUT2D eigenvalue weighted by molar-refractivity contribution is -0.239. The lowest BCUT2D eigenvalue weighted by Gasteiger charge is -2.49. The summed E-state index contributed by atoms with van der Waals surface area (Å²) in [5, 5.41) is 49.7. The third-order valence-corrected chi connectivity index (χ3v) is 4.40. The van der Waals surface area contributed by atoms with Crippen molar-refractivity contribution in [3.05, 3.63) is 0 Å². The van der Waals surface area contributed by atoms with Crippen molar-refractivity contribution in [2.75, 3.05) is 0 Å². The zero-order valence-electron chi connectivity index (χ0n) is 11.5. The zero-order chi connectivity index (χ0) is 14.2. The highest BCUT2D eigenvalue weighted by Crippen LogP contribution is 2.39. The molecular weight excluding hydrogens is 224 g/mol. The lowest BCUT2D eigenvalue weighted by atomic mass is 9.67. The van der Waals surface area contributed by atoms with Crippen molar-refractivity contribution >= 4 is 0 Å². The smallest absolute Gasteiger partial charge is 0.116 e. The molecule has 0 aromatic rings. The Hall–Kier alpha value is -0.200. The van der Waals surface area contributed by atoms with E-state index in [4.69, 9.17) is 0 Å². The molecule has 0 aliphatic carbocycles. The molecule has 0 saturated carbocycles. The molecule has 0 radical (unpaired) electrons. The molecule has 6 unspecified atom stereocenters. The summed E-state index contributed by atoms with van der Waals surface area (Å²) in [5.41, 5.74) is -5.14. The van der Waals surface area contributed by atoms with Gasteiger partial charge in [0.25, 0.3) is 0 Å². The van der Waals surface area contributed by atoms with Crippen LogP contribution in [0.25, 0.3) is 0 Å². The summed E-state index contributed by atoms with van der Waals surface area (Å²) in [6, 6.07) is 0. The van der Waals surface area contributed by atoms with Gasteiger partial charge in [0.05, 0.1) is 23.4 Å². The summed E-state index contributed by atoms with van der Waals surface area (Å²) in [4.78, 5) is 0. The van der Waals surface area contributed by atoms with Crippen molar-refractivity contribution in [1.29, 1.82) is 0 Å². The molecule has 0 aromatic carbocycles. The Morgan fingerprint density at radius 1 is 0.706 bits per heavy atom. The normalized spacial score (nSPS) is 28.4. The van der Waals surface area contributed by atoms with Crippen molar-refractivity contribution in [2.24, 2.45) is 5.92 Å². The van der Waals surface area contributed by atoms with Crippen LogP contribution in [-0.4, -0.2) is 54.5 Å². The number of hydrogen-bond acceptors (Lipinski definition) is 5. The van der Waals surface area contributed by atoms with Gasteiger partial charge in [-0.15, -0.1) is 0 Å². The maximum atomic E-state index is 10.4. The van der Waals surface area contributed by atoms with Gasteiger partial charge in [-0.1, -0.05) is 6.92 Å². The summed E-state index contributed by atoms with van der Waals surface area (Å²) in [6.45, 7) is 8.30. The quantitative estimate of drug-likeness (QED) is 0.458. The molecule has 5 heteroatoms. The molecule has 0 saturated heterocycles. The molecule has 0 aliphatic heterocycles. The molecule has 104 valence electrons. The van der Waals surface area contributed by atoms with Gasteiger partial charge in [0.15, 0.2) is 0 Å². The fraction of sp³-hybridized carbons (Fsp3) is 1.00. The Bertz CT molecular complexity index is 256. The van der Waals surface area contributed by atoms with Gasteiger partial charge in [-0.25, -0.2) is 0 Å². The van der Waals surface area contributed by atoms with Crippen LogP contribution in [0.15, 0.2) is 0 Å². The van der Waals surface area contributed by atoms with Crippen LogP contribution in [0.2, 0.25) is 0 Å². The van der Waals surface area contributed by atoms with Crippen LogP contribution in [-0.2, 0) is 0 Å². The minimum atomic E-state index is -1.80. The van der Waals surface area contributed by atoms with Gasteiger partial charge >= 0.3 is 0 Å². The van der Waals surface area contributed by atoms with E-state index in [2.05, 4.69) is 0 Å². The monoisotopic (exact) mass is 250 g/mol. The largest absolute Gasteiger partial charge is 0.390 e. The molecular formula is C12H26O5. The highest BCUT2D eigenvalue weighted by atomic mass is 16.4. The SMILES string of the molecule is CC(O)C(C)(O)C(C)C(C)(O)C(C)(O)C(C)O. The van der Waals surface area contributed by atoms with E-state index in [9.17, 15) is 25.5 Å². The number of aliphatic hydroxyl groups is 5. The average Bonchev–Trinajstić information content (AvgIpc) is 2.15. The van der Waals surface area contributed by atoms with E-state index < -0.39 is 34.9 Å². The second-order valence-corrected chi connectivity index (χ2v) is 5.59. The van der Waals surface area contributed by atoms with Crippen LogP contribution < -0.4 is 0 Å². The molecule has 0 rings (SSSR count). The second kappa shape index (κ2) is 4.82.